The summed E-state index contributed by atoms with van der Waals surface area (Å²) in [5, 5.41) is 16.6. The van der Waals surface area contributed by atoms with Gasteiger partial charge in [0.1, 0.15) is 0 Å². The number of hydrazone groups is 1. The van der Waals surface area contributed by atoms with Gasteiger partial charge in [0, 0.05) is 11.6 Å². The third-order valence-corrected chi connectivity index (χ3v) is 3.56. The van der Waals surface area contributed by atoms with Gasteiger partial charge in [-0.3, -0.25) is 0 Å². The minimum Gasteiger partial charge on any atom is -0.504 e. The Bertz CT molecular complexity index is 511. The van der Waals surface area contributed by atoms with Crippen LogP contribution in [0.5, 0.6) is 11.5 Å². The van der Waals surface area contributed by atoms with Gasteiger partial charge in [-0.1, -0.05) is 25.3 Å². The van der Waals surface area contributed by atoms with Crippen molar-refractivity contribution in [3.63, 3.8) is 0 Å². The highest BCUT2D eigenvalue weighted by Gasteiger charge is 2.15. The number of para-hydroxylation sites is 1. The van der Waals surface area contributed by atoms with Crippen molar-refractivity contribution in [1.29, 1.82) is 0 Å². The number of benzene rings is 1. The molecule has 0 radical (unpaired) electrons. The van der Waals surface area contributed by atoms with Gasteiger partial charge < -0.3 is 15.2 Å². The fraction of sp³-hybridized carbons (Fsp3) is 0.467. The van der Waals surface area contributed by atoms with Crippen LogP contribution in [-0.4, -0.2) is 30.5 Å². The molecular formula is C15H21N3O3. The molecule has 1 aliphatic carbocycles. The topological polar surface area (TPSA) is 83.0 Å². The number of hydrogen-bond donors (Lipinski definition) is 3. The number of amides is 2. The predicted molar refractivity (Wildman–Crippen MR) is 80.8 cm³/mol. The van der Waals surface area contributed by atoms with Crippen molar-refractivity contribution >= 4 is 12.2 Å². The van der Waals surface area contributed by atoms with Gasteiger partial charge in [0.25, 0.3) is 0 Å². The molecule has 21 heavy (non-hydrogen) atoms. The largest absolute Gasteiger partial charge is 0.504 e. The van der Waals surface area contributed by atoms with Crippen LogP contribution in [0.15, 0.2) is 23.3 Å². The first-order chi connectivity index (χ1) is 10.2. The number of aromatic hydroxyl groups is 1. The molecule has 1 saturated carbocycles. The summed E-state index contributed by atoms with van der Waals surface area (Å²) in [4.78, 5) is 11.7. The minimum absolute atomic E-state index is 0.00163. The summed E-state index contributed by atoms with van der Waals surface area (Å²) in [5.41, 5.74) is 2.89. The summed E-state index contributed by atoms with van der Waals surface area (Å²) in [6.45, 7) is 0. The van der Waals surface area contributed by atoms with Crippen LogP contribution in [0.25, 0.3) is 0 Å². The quantitative estimate of drug-likeness (QED) is 0.588. The zero-order chi connectivity index (χ0) is 15.1. The molecule has 1 aliphatic rings. The molecule has 0 bridgehead atoms. The van der Waals surface area contributed by atoms with Gasteiger partial charge in [-0.05, 0) is 25.0 Å². The Morgan fingerprint density at radius 1 is 1.38 bits per heavy atom. The smallest absolute Gasteiger partial charge is 0.335 e. The molecule has 0 saturated heterocycles. The van der Waals surface area contributed by atoms with Crippen LogP contribution in [0.1, 0.15) is 37.7 Å². The number of hydrogen-bond acceptors (Lipinski definition) is 4. The second kappa shape index (κ2) is 7.52. The standard InChI is InChI=1S/C15H21N3O3/c1-21-13-9-5-6-11(14(13)19)10-16-18-15(20)17-12-7-3-2-4-8-12/h5-6,9-10,12,19H,2-4,7-8H2,1H3,(H2,17,18,20)/b16-10+. The van der Waals surface area contributed by atoms with E-state index in [1.165, 1.54) is 19.7 Å². The first-order valence-corrected chi connectivity index (χ1v) is 7.16. The molecule has 6 heteroatoms. The van der Waals surface area contributed by atoms with E-state index in [0.29, 0.717) is 11.3 Å². The van der Waals surface area contributed by atoms with Crippen LogP contribution in [0.4, 0.5) is 4.79 Å². The molecule has 0 spiro atoms. The first-order valence-electron chi connectivity index (χ1n) is 7.16. The van der Waals surface area contributed by atoms with Gasteiger partial charge in [-0.2, -0.15) is 5.10 Å². The van der Waals surface area contributed by atoms with Crippen molar-refractivity contribution in [3.8, 4) is 11.5 Å². The van der Waals surface area contributed by atoms with Crippen LogP contribution < -0.4 is 15.5 Å². The van der Waals surface area contributed by atoms with E-state index in [1.54, 1.807) is 18.2 Å². The molecule has 1 aromatic carbocycles. The summed E-state index contributed by atoms with van der Waals surface area (Å²) in [5.74, 6) is 0.365. The zero-order valence-electron chi connectivity index (χ0n) is 12.1. The van der Waals surface area contributed by atoms with Crippen molar-refractivity contribution in [3.05, 3.63) is 23.8 Å². The molecule has 0 aliphatic heterocycles. The molecule has 1 aromatic rings. The normalized spacial score (nSPS) is 15.9. The Labute approximate surface area is 124 Å². The number of carbonyl (C=O) groups excluding carboxylic acids is 1. The summed E-state index contributed by atoms with van der Waals surface area (Å²) < 4.78 is 5.00. The average Bonchev–Trinajstić information content (AvgIpc) is 2.50. The monoisotopic (exact) mass is 291 g/mol. The molecular weight excluding hydrogens is 270 g/mol. The molecule has 0 aromatic heterocycles. The number of nitrogens with one attached hydrogen (secondary N) is 2. The second-order valence-corrected chi connectivity index (χ2v) is 5.08. The molecule has 2 rings (SSSR count). The van der Waals surface area contributed by atoms with Crippen molar-refractivity contribution < 1.29 is 14.6 Å². The lowest BCUT2D eigenvalue weighted by molar-refractivity contribution is 0.233. The molecule has 6 nitrogen and oxygen atoms in total. The third kappa shape index (κ3) is 4.37. The van der Waals surface area contributed by atoms with Crippen molar-refractivity contribution in [2.24, 2.45) is 5.10 Å². The highest BCUT2D eigenvalue weighted by Crippen LogP contribution is 2.27. The Hall–Kier alpha value is -2.24. The van der Waals surface area contributed by atoms with Crippen molar-refractivity contribution in [1.82, 2.24) is 10.7 Å². The molecule has 3 N–H and O–H groups in total. The maximum Gasteiger partial charge on any atom is 0.335 e. The SMILES string of the molecule is COc1cccc(/C=N/NC(=O)NC2CCCCC2)c1O. The second-order valence-electron chi connectivity index (χ2n) is 5.08. The van der Waals surface area contributed by atoms with Gasteiger partial charge in [-0.15, -0.1) is 0 Å². The number of urea groups is 1. The van der Waals surface area contributed by atoms with E-state index < -0.39 is 0 Å². The van der Waals surface area contributed by atoms with Gasteiger partial charge >= 0.3 is 6.03 Å². The molecule has 0 atom stereocenters. The van der Waals surface area contributed by atoms with Gasteiger partial charge in [0.15, 0.2) is 11.5 Å². The maximum atomic E-state index is 11.7. The average molecular weight is 291 g/mol. The number of nitrogens with zero attached hydrogens (tertiary/aromatic N) is 1. The Kier molecular flexibility index (Phi) is 5.43. The lowest BCUT2D eigenvalue weighted by Gasteiger charge is -2.22. The Morgan fingerprint density at radius 3 is 2.86 bits per heavy atom. The minimum atomic E-state index is -0.319. The maximum absolute atomic E-state index is 11.7. The van der Waals surface area contributed by atoms with E-state index in [0.717, 1.165) is 25.7 Å². The number of phenols is 1. The number of rotatable bonds is 4. The van der Waals surface area contributed by atoms with E-state index in [2.05, 4.69) is 15.8 Å². The van der Waals surface area contributed by atoms with E-state index >= 15 is 0 Å². The van der Waals surface area contributed by atoms with Crippen molar-refractivity contribution in [2.75, 3.05) is 7.11 Å². The number of ether oxygens (including phenoxy) is 1. The van der Waals surface area contributed by atoms with Crippen LogP contribution in [0.3, 0.4) is 0 Å². The Balaban J connectivity index is 1.85. The summed E-state index contributed by atoms with van der Waals surface area (Å²) in [6.07, 6.45) is 6.99. The molecule has 0 heterocycles. The van der Waals surface area contributed by atoms with E-state index in [4.69, 9.17) is 4.74 Å². The summed E-state index contributed by atoms with van der Waals surface area (Å²) in [7, 11) is 1.48. The zero-order valence-corrected chi connectivity index (χ0v) is 12.1. The predicted octanol–water partition coefficient (Wildman–Crippen LogP) is 2.37. The fourth-order valence-electron chi connectivity index (χ4n) is 2.43. The Morgan fingerprint density at radius 2 is 2.14 bits per heavy atom. The highest BCUT2D eigenvalue weighted by atomic mass is 16.5. The third-order valence-electron chi connectivity index (χ3n) is 3.56. The van der Waals surface area contributed by atoms with Crippen LogP contribution in [-0.2, 0) is 0 Å². The molecule has 2 amide bonds. The van der Waals surface area contributed by atoms with Crippen molar-refractivity contribution in [2.45, 2.75) is 38.1 Å². The van der Waals surface area contributed by atoms with Crippen LogP contribution in [0.2, 0.25) is 0 Å². The van der Waals surface area contributed by atoms with E-state index in [1.807, 2.05) is 0 Å². The van der Waals surface area contributed by atoms with Gasteiger partial charge in [-0.25, -0.2) is 10.2 Å². The van der Waals surface area contributed by atoms with Gasteiger partial charge in [0.05, 0.1) is 13.3 Å². The molecule has 1 fully saturated rings. The van der Waals surface area contributed by atoms with Crippen LogP contribution in [0, 0.1) is 0 Å². The van der Waals surface area contributed by atoms with Crippen LogP contribution >= 0.6 is 0 Å². The first kappa shape index (κ1) is 15.2. The molecule has 0 unspecified atom stereocenters. The van der Waals surface area contributed by atoms with E-state index in [-0.39, 0.29) is 17.8 Å². The fourth-order valence-corrected chi connectivity index (χ4v) is 2.43. The summed E-state index contributed by atoms with van der Waals surface area (Å²) >= 11 is 0. The number of carbonyl (C=O) groups is 1. The summed E-state index contributed by atoms with van der Waals surface area (Å²) in [6, 6.07) is 4.99. The van der Waals surface area contributed by atoms with Gasteiger partial charge in [0.2, 0.25) is 0 Å². The lowest BCUT2D eigenvalue weighted by Crippen LogP contribution is -2.41. The molecule has 114 valence electrons. The number of methoxy groups -OCH3 is 1. The lowest BCUT2D eigenvalue weighted by atomic mass is 9.96. The number of phenolic OH excluding ortho intramolecular Hbond substituents is 1. The van der Waals surface area contributed by atoms with E-state index in [9.17, 15) is 9.90 Å². The highest BCUT2D eigenvalue weighted by molar-refractivity contribution is 5.86.